The zero-order valence-corrected chi connectivity index (χ0v) is 17.5. The SMILES string of the molecule is Cc1cc(C(=O)CN2C(=O)N[C@@]3(CCCC[C@@H]3C)C2=O)c(C)n1-c1ccc(F)cc1. The molecule has 1 aromatic heterocycles. The molecule has 2 aliphatic rings. The first-order valence-corrected chi connectivity index (χ1v) is 10.4. The van der Waals surface area contributed by atoms with Gasteiger partial charge in [-0.3, -0.25) is 14.5 Å². The van der Waals surface area contributed by atoms with Gasteiger partial charge in [-0.15, -0.1) is 0 Å². The fourth-order valence-electron chi connectivity index (χ4n) is 4.90. The normalized spacial score (nSPS) is 23.9. The van der Waals surface area contributed by atoms with Crippen molar-refractivity contribution in [2.75, 3.05) is 6.54 Å². The highest BCUT2D eigenvalue weighted by molar-refractivity contribution is 6.11. The van der Waals surface area contributed by atoms with E-state index in [-0.39, 0.29) is 30.0 Å². The summed E-state index contributed by atoms with van der Waals surface area (Å²) in [5.74, 6) is -0.867. The average molecular weight is 411 g/mol. The van der Waals surface area contributed by atoms with Crippen molar-refractivity contribution < 1.29 is 18.8 Å². The molecule has 1 N–H and O–H groups in total. The Balaban J connectivity index is 1.59. The lowest BCUT2D eigenvalue weighted by Crippen LogP contribution is -2.54. The van der Waals surface area contributed by atoms with Crippen molar-refractivity contribution in [3.63, 3.8) is 0 Å². The molecule has 158 valence electrons. The van der Waals surface area contributed by atoms with Crippen LogP contribution in [0.5, 0.6) is 0 Å². The Hall–Kier alpha value is -2.96. The number of imide groups is 1. The number of benzene rings is 1. The van der Waals surface area contributed by atoms with E-state index in [0.717, 1.165) is 35.5 Å². The Kier molecular flexibility index (Phi) is 5.00. The highest BCUT2D eigenvalue weighted by atomic mass is 19.1. The van der Waals surface area contributed by atoms with Crippen LogP contribution in [0.1, 0.15) is 54.4 Å². The first-order chi connectivity index (χ1) is 14.2. The van der Waals surface area contributed by atoms with Crippen LogP contribution in [0.2, 0.25) is 0 Å². The summed E-state index contributed by atoms with van der Waals surface area (Å²) in [6.45, 7) is 5.37. The highest BCUT2D eigenvalue weighted by Crippen LogP contribution is 2.38. The minimum absolute atomic E-state index is 0.0475. The summed E-state index contributed by atoms with van der Waals surface area (Å²) < 4.78 is 15.1. The predicted molar refractivity (Wildman–Crippen MR) is 110 cm³/mol. The topological polar surface area (TPSA) is 71.4 Å². The monoisotopic (exact) mass is 411 g/mol. The third-order valence-electron chi connectivity index (χ3n) is 6.62. The number of nitrogens with one attached hydrogen (secondary N) is 1. The molecule has 1 saturated carbocycles. The first kappa shape index (κ1) is 20.3. The van der Waals surface area contributed by atoms with Crippen LogP contribution in [0.15, 0.2) is 30.3 Å². The third kappa shape index (κ3) is 3.13. The molecule has 1 aliphatic heterocycles. The Bertz CT molecular complexity index is 1030. The van der Waals surface area contributed by atoms with Crippen molar-refractivity contribution in [1.29, 1.82) is 0 Å². The number of Topliss-reactive ketones (excluding diaryl/α,β-unsaturated/α-hetero) is 1. The van der Waals surface area contributed by atoms with E-state index in [0.29, 0.717) is 17.7 Å². The first-order valence-electron chi connectivity index (χ1n) is 10.4. The molecule has 30 heavy (non-hydrogen) atoms. The van der Waals surface area contributed by atoms with Crippen LogP contribution in [0.25, 0.3) is 5.69 Å². The standard InChI is InChI=1S/C23H26FN3O3/c1-14-6-4-5-11-23(14)21(29)26(22(30)25-23)13-20(28)19-12-15(2)27(16(19)3)18-9-7-17(24)8-10-18/h7-10,12,14H,4-6,11,13H2,1-3H3,(H,25,30)/t14-,23+/m0/s1. The van der Waals surface area contributed by atoms with Gasteiger partial charge in [-0.2, -0.15) is 0 Å². The Morgan fingerprint density at radius 3 is 2.57 bits per heavy atom. The van der Waals surface area contributed by atoms with Gasteiger partial charge in [0.15, 0.2) is 5.78 Å². The highest BCUT2D eigenvalue weighted by Gasteiger charge is 2.55. The van der Waals surface area contributed by atoms with Crippen LogP contribution in [0.4, 0.5) is 9.18 Å². The van der Waals surface area contributed by atoms with Gasteiger partial charge in [0, 0.05) is 22.6 Å². The molecule has 2 fully saturated rings. The molecule has 1 aliphatic carbocycles. The molecular formula is C23H26FN3O3. The van der Waals surface area contributed by atoms with Crippen molar-refractivity contribution in [2.45, 2.75) is 52.0 Å². The van der Waals surface area contributed by atoms with Gasteiger partial charge in [-0.25, -0.2) is 9.18 Å². The number of halogens is 1. The molecule has 2 heterocycles. The number of carbonyl (C=O) groups is 3. The van der Waals surface area contributed by atoms with E-state index in [2.05, 4.69) is 5.32 Å². The fraction of sp³-hybridized carbons (Fsp3) is 0.435. The van der Waals surface area contributed by atoms with Crippen molar-refractivity contribution in [1.82, 2.24) is 14.8 Å². The van der Waals surface area contributed by atoms with E-state index >= 15 is 0 Å². The van der Waals surface area contributed by atoms with Gasteiger partial charge in [0.05, 0.1) is 6.54 Å². The predicted octanol–water partition coefficient (Wildman–Crippen LogP) is 3.92. The number of carbonyl (C=O) groups excluding carboxylic acids is 3. The molecule has 1 saturated heterocycles. The minimum atomic E-state index is -0.874. The number of rotatable bonds is 4. The molecule has 1 aromatic carbocycles. The maximum atomic E-state index is 13.3. The van der Waals surface area contributed by atoms with Gasteiger partial charge in [-0.1, -0.05) is 19.8 Å². The largest absolute Gasteiger partial charge is 0.325 e. The number of hydrogen-bond donors (Lipinski definition) is 1. The number of urea groups is 1. The summed E-state index contributed by atoms with van der Waals surface area (Å²) in [5, 5.41) is 2.88. The lowest BCUT2D eigenvalue weighted by atomic mass is 9.73. The van der Waals surface area contributed by atoms with Crippen molar-refractivity contribution in [2.24, 2.45) is 5.92 Å². The van der Waals surface area contributed by atoms with Crippen LogP contribution in [-0.2, 0) is 4.79 Å². The molecule has 7 heteroatoms. The van der Waals surface area contributed by atoms with Crippen molar-refractivity contribution in [3.05, 3.63) is 53.1 Å². The fourth-order valence-corrected chi connectivity index (χ4v) is 4.90. The van der Waals surface area contributed by atoms with E-state index in [1.165, 1.54) is 12.1 Å². The number of amides is 3. The van der Waals surface area contributed by atoms with Crippen LogP contribution in [-0.4, -0.2) is 39.3 Å². The Morgan fingerprint density at radius 1 is 1.20 bits per heavy atom. The molecule has 2 aromatic rings. The molecule has 6 nitrogen and oxygen atoms in total. The lowest BCUT2D eigenvalue weighted by Gasteiger charge is -2.36. The molecule has 0 unspecified atom stereocenters. The minimum Gasteiger partial charge on any atom is -0.323 e. The van der Waals surface area contributed by atoms with Crippen LogP contribution < -0.4 is 5.32 Å². The van der Waals surface area contributed by atoms with Crippen LogP contribution >= 0.6 is 0 Å². The number of ketones is 1. The van der Waals surface area contributed by atoms with Gasteiger partial charge in [0.2, 0.25) is 0 Å². The average Bonchev–Trinajstić information content (AvgIpc) is 3.13. The zero-order chi connectivity index (χ0) is 21.6. The van der Waals surface area contributed by atoms with Gasteiger partial charge in [0.25, 0.3) is 5.91 Å². The Morgan fingerprint density at radius 2 is 1.90 bits per heavy atom. The van der Waals surface area contributed by atoms with E-state index < -0.39 is 11.6 Å². The molecule has 0 bridgehead atoms. The molecule has 1 spiro atoms. The second kappa shape index (κ2) is 7.38. The molecule has 3 amide bonds. The van der Waals surface area contributed by atoms with Crippen LogP contribution in [0.3, 0.4) is 0 Å². The van der Waals surface area contributed by atoms with E-state index in [1.54, 1.807) is 25.1 Å². The number of nitrogens with zero attached hydrogens (tertiary/aromatic N) is 2. The van der Waals surface area contributed by atoms with Gasteiger partial charge in [0.1, 0.15) is 11.4 Å². The maximum absolute atomic E-state index is 13.3. The number of aromatic nitrogens is 1. The van der Waals surface area contributed by atoms with Crippen molar-refractivity contribution >= 4 is 17.7 Å². The van der Waals surface area contributed by atoms with Crippen molar-refractivity contribution in [3.8, 4) is 5.69 Å². The summed E-state index contributed by atoms with van der Waals surface area (Å²) in [6, 6.07) is 7.29. The van der Waals surface area contributed by atoms with E-state index in [9.17, 15) is 18.8 Å². The summed E-state index contributed by atoms with van der Waals surface area (Å²) in [6.07, 6.45) is 3.42. The summed E-state index contributed by atoms with van der Waals surface area (Å²) in [4.78, 5) is 39.8. The second-order valence-corrected chi connectivity index (χ2v) is 8.46. The number of aryl methyl sites for hydroxylation is 1. The van der Waals surface area contributed by atoms with E-state index in [4.69, 9.17) is 0 Å². The number of hydrogen-bond acceptors (Lipinski definition) is 3. The van der Waals surface area contributed by atoms with Gasteiger partial charge in [-0.05, 0) is 62.9 Å². The summed E-state index contributed by atoms with van der Waals surface area (Å²) in [5.41, 5.74) is 1.83. The molecular weight excluding hydrogens is 385 g/mol. The molecule has 2 atom stereocenters. The maximum Gasteiger partial charge on any atom is 0.325 e. The summed E-state index contributed by atoms with van der Waals surface area (Å²) in [7, 11) is 0. The summed E-state index contributed by atoms with van der Waals surface area (Å²) >= 11 is 0. The molecule has 0 radical (unpaired) electrons. The van der Waals surface area contributed by atoms with Gasteiger partial charge >= 0.3 is 6.03 Å². The zero-order valence-electron chi connectivity index (χ0n) is 17.5. The lowest BCUT2D eigenvalue weighted by molar-refractivity contribution is -0.133. The quantitative estimate of drug-likeness (QED) is 0.612. The second-order valence-electron chi connectivity index (χ2n) is 8.46. The van der Waals surface area contributed by atoms with Crippen LogP contribution in [0, 0.1) is 25.6 Å². The van der Waals surface area contributed by atoms with E-state index in [1.807, 2.05) is 18.4 Å². The van der Waals surface area contributed by atoms with Gasteiger partial charge < -0.3 is 9.88 Å². The third-order valence-corrected chi connectivity index (χ3v) is 6.62. The Labute approximate surface area is 175 Å². The smallest absolute Gasteiger partial charge is 0.323 e. The molecule has 4 rings (SSSR count).